The van der Waals surface area contributed by atoms with Crippen molar-refractivity contribution < 1.29 is 14.7 Å². The number of aliphatic carboxylic acids is 1. The molecule has 4 aliphatic rings. The number of carboxylic acids is 1. The van der Waals surface area contributed by atoms with Crippen molar-refractivity contribution in [2.24, 2.45) is 23.2 Å². The van der Waals surface area contributed by atoms with Gasteiger partial charge in [0.15, 0.2) is 0 Å². The fraction of sp³-hybridized carbons (Fsp3) is 0.600. The Balaban J connectivity index is 1.55. The van der Waals surface area contributed by atoms with Crippen molar-refractivity contribution >= 4 is 23.5 Å². The largest absolute Gasteiger partial charge is 0.481 e. The normalized spacial score (nSPS) is 33.9. The van der Waals surface area contributed by atoms with Crippen LogP contribution in [0.2, 0.25) is 5.02 Å². The van der Waals surface area contributed by atoms with Gasteiger partial charge >= 0.3 is 5.97 Å². The summed E-state index contributed by atoms with van der Waals surface area (Å²) in [5, 5.41) is 12.9. The minimum Gasteiger partial charge on any atom is -0.481 e. The van der Waals surface area contributed by atoms with Gasteiger partial charge in [0.25, 0.3) is 0 Å². The highest BCUT2D eigenvalue weighted by molar-refractivity contribution is 6.30. The fourth-order valence-corrected chi connectivity index (χ4v) is 6.05. The molecule has 25 heavy (non-hydrogen) atoms. The van der Waals surface area contributed by atoms with Gasteiger partial charge in [0.05, 0.1) is 12.5 Å². The van der Waals surface area contributed by atoms with E-state index in [4.69, 9.17) is 11.6 Å². The summed E-state index contributed by atoms with van der Waals surface area (Å²) in [6.45, 7) is 0. The topological polar surface area (TPSA) is 66.4 Å². The first-order valence-electron chi connectivity index (χ1n) is 9.22. The number of halogens is 1. The molecular formula is C20H24ClNO3. The van der Waals surface area contributed by atoms with Gasteiger partial charge < -0.3 is 10.4 Å². The monoisotopic (exact) mass is 361 g/mol. The molecule has 1 aromatic carbocycles. The van der Waals surface area contributed by atoms with E-state index in [2.05, 4.69) is 5.32 Å². The van der Waals surface area contributed by atoms with Crippen LogP contribution in [0.15, 0.2) is 24.3 Å². The number of benzene rings is 1. The highest BCUT2D eigenvalue weighted by atomic mass is 35.5. The molecule has 134 valence electrons. The van der Waals surface area contributed by atoms with E-state index < -0.39 is 12.0 Å². The minimum absolute atomic E-state index is 0.0535. The molecule has 0 saturated heterocycles. The molecule has 1 atom stereocenters. The van der Waals surface area contributed by atoms with Crippen LogP contribution in [0.1, 0.15) is 56.6 Å². The summed E-state index contributed by atoms with van der Waals surface area (Å²) < 4.78 is 0. The Labute approximate surface area is 152 Å². The molecule has 4 aliphatic carbocycles. The smallest absolute Gasteiger partial charge is 0.305 e. The third kappa shape index (κ3) is 3.29. The molecule has 1 aromatic rings. The van der Waals surface area contributed by atoms with Crippen molar-refractivity contribution in [2.75, 3.05) is 0 Å². The van der Waals surface area contributed by atoms with Gasteiger partial charge in [-0.05, 0) is 74.0 Å². The van der Waals surface area contributed by atoms with Gasteiger partial charge in [-0.2, -0.15) is 0 Å². The summed E-state index contributed by atoms with van der Waals surface area (Å²) in [5.74, 6) is 1.18. The van der Waals surface area contributed by atoms with Crippen molar-refractivity contribution in [2.45, 2.75) is 51.0 Å². The lowest BCUT2D eigenvalue weighted by molar-refractivity contribution is -0.147. The molecular weight excluding hydrogens is 338 g/mol. The third-order valence-corrected chi connectivity index (χ3v) is 6.69. The molecule has 4 bridgehead atoms. The number of nitrogens with one attached hydrogen (secondary N) is 1. The number of hydrogen-bond donors (Lipinski definition) is 2. The van der Waals surface area contributed by atoms with Crippen LogP contribution < -0.4 is 5.32 Å². The SMILES string of the molecule is O=C(O)C[C@H](NC(=O)C12CC3CC(CC(C3)C1)C2)c1cccc(Cl)c1. The van der Waals surface area contributed by atoms with Gasteiger partial charge in [0, 0.05) is 10.4 Å². The van der Waals surface area contributed by atoms with Crippen LogP contribution in [0, 0.1) is 23.2 Å². The summed E-state index contributed by atoms with van der Waals surface area (Å²) in [4.78, 5) is 24.5. The number of carbonyl (C=O) groups excluding carboxylic acids is 1. The number of amides is 1. The van der Waals surface area contributed by atoms with Crippen molar-refractivity contribution in [1.82, 2.24) is 5.32 Å². The predicted molar refractivity (Wildman–Crippen MR) is 95.2 cm³/mol. The Bertz CT molecular complexity index is 667. The van der Waals surface area contributed by atoms with Crippen molar-refractivity contribution in [3.63, 3.8) is 0 Å². The predicted octanol–water partition coefficient (Wildman–Crippen LogP) is 4.19. The molecule has 4 fully saturated rings. The lowest BCUT2D eigenvalue weighted by atomic mass is 9.49. The first-order chi connectivity index (χ1) is 11.9. The Kier molecular flexibility index (Phi) is 4.27. The van der Waals surface area contributed by atoms with E-state index in [1.165, 1.54) is 19.3 Å². The molecule has 5 rings (SSSR count). The quantitative estimate of drug-likeness (QED) is 0.826. The van der Waals surface area contributed by atoms with Gasteiger partial charge in [-0.25, -0.2) is 0 Å². The highest BCUT2D eigenvalue weighted by Crippen LogP contribution is 2.60. The minimum atomic E-state index is -0.921. The molecule has 0 aliphatic heterocycles. The maximum absolute atomic E-state index is 13.2. The van der Waals surface area contributed by atoms with Crippen LogP contribution >= 0.6 is 11.6 Å². The Morgan fingerprint density at radius 1 is 1.16 bits per heavy atom. The average Bonchev–Trinajstić information content (AvgIpc) is 2.52. The van der Waals surface area contributed by atoms with Crippen molar-refractivity contribution in [3.05, 3.63) is 34.9 Å². The highest BCUT2D eigenvalue weighted by Gasteiger charge is 2.54. The van der Waals surface area contributed by atoms with Crippen LogP contribution in [0.4, 0.5) is 0 Å². The lowest BCUT2D eigenvalue weighted by Crippen LogP contribution is -2.54. The number of hydrogen-bond acceptors (Lipinski definition) is 2. The molecule has 0 heterocycles. The van der Waals surface area contributed by atoms with E-state index in [-0.39, 0.29) is 17.7 Å². The van der Waals surface area contributed by atoms with Crippen molar-refractivity contribution in [3.8, 4) is 0 Å². The summed E-state index contributed by atoms with van der Waals surface area (Å²) in [7, 11) is 0. The molecule has 0 spiro atoms. The van der Waals surface area contributed by atoms with Gasteiger partial charge in [-0.15, -0.1) is 0 Å². The standard InChI is InChI=1S/C20H24ClNO3/c21-16-3-1-2-15(7-16)17(8-18(23)24)22-19(25)20-9-12-4-13(10-20)6-14(5-12)11-20/h1-3,7,12-14,17H,4-6,8-11H2,(H,22,25)(H,23,24)/t12?,13?,14?,17-,20?/m0/s1. The van der Waals surface area contributed by atoms with Gasteiger partial charge in [0.1, 0.15) is 0 Å². The van der Waals surface area contributed by atoms with E-state index in [0.29, 0.717) is 22.8 Å². The van der Waals surface area contributed by atoms with E-state index in [9.17, 15) is 14.7 Å². The number of rotatable bonds is 5. The fourth-order valence-electron chi connectivity index (χ4n) is 5.85. The van der Waals surface area contributed by atoms with E-state index in [1.807, 2.05) is 6.07 Å². The summed E-state index contributed by atoms with van der Waals surface area (Å²) in [5.41, 5.74) is 0.484. The molecule has 2 N–H and O–H groups in total. The summed E-state index contributed by atoms with van der Waals surface area (Å²) >= 11 is 6.06. The zero-order valence-corrected chi connectivity index (χ0v) is 15.0. The van der Waals surface area contributed by atoms with E-state index in [0.717, 1.165) is 24.8 Å². The average molecular weight is 362 g/mol. The number of carboxylic acid groups (broad SMARTS) is 1. The molecule has 1 amide bonds. The summed E-state index contributed by atoms with van der Waals surface area (Å²) in [6, 6.07) is 6.60. The molecule has 0 aromatic heterocycles. The molecule has 4 saturated carbocycles. The van der Waals surface area contributed by atoms with Crippen molar-refractivity contribution in [1.29, 1.82) is 0 Å². The Morgan fingerprint density at radius 2 is 1.76 bits per heavy atom. The zero-order valence-electron chi connectivity index (χ0n) is 14.2. The van der Waals surface area contributed by atoms with Crippen LogP contribution in [0.5, 0.6) is 0 Å². The second-order valence-electron chi connectivity index (χ2n) is 8.38. The Hall–Kier alpha value is -1.55. The molecule has 5 heteroatoms. The van der Waals surface area contributed by atoms with Gasteiger partial charge in [-0.1, -0.05) is 23.7 Å². The van der Waals surface area contributed by atoms with E-state index >= 15 is 0 Å². The van der Waals surface area contributed by atoms with E-state index in [1.54, 1.807) is 18.2 Å². The molecule has 0 radical (unpaired) electrons. The van der Waals surface area contributed by atoms with Gasteiger partial charge in [0.2, 0.25) is 5.91 Å². The Morgan fingerprint density at radius 3 is 2.28 bits per heavy atom. The lowest BCUT2D eigenvalue weighted by Gasteiger charge is -2.55. The maximum atomic E-state index is 13.2. The molecule has 0 unspecified atom stereocenters. The van der Waals surface area contributed by atoms with Gasteiger partial charge in [-0.3, -0.25) is 9.59 Å². The number of carbonyl (C=O) groups is 2. The first kappa shape index (κ1) is 16.9. The van der Waals surface area contributed by atoms with Crippen LogP contribution in [-0.2, 0) is 9.59 Å². The van der Waals surface area contributed by atoms with Crippen LogP contribution in [0.3, 0.4) is 0 Å². The zero-order chi connectivity index (χ0) is 17.6. The van der Waals surface area contributed by atoms with Crippen LogP contribution in [0.25, 0.3) is 0 Å². The molecule has 4 nitrogen and oxygen atoms in total. The maximum Gasteiger partial charge on any atom is 0.305 e. The second-order valence-corrected chi connectivity index (χ2v) is 8.81. The van der Waals surface area contributed by atoms with Crippen LogP contribution in [-0.4, -0.2) is 17.0 Å². The third-order valence-electron chi connectivity index (χ3n) is 6.46. The second kappa shape index (κ2) is 6.31. The summed E-state index contributed by atoms with van der Waals surface area (Å²) in [6.07, 6.45) is 6.62. The first-order valence-corrected chi connectivity index (χ1v) is 9.59.